The van der Waals surface area contributed by atoms with Crippen molar-refractivity contribution in [1.29, 1.82) is 0 Å². The van der Waals surface area contributed by atoms with Gasteiger partial charge in [-0.15, -0.1) is 0 Å². The number of piperidine rings is 1. The van der Waals surface area contributed by atoms with E-state index in [0.717, 1.165) is 13.0 Å². The number of hydrogen-bond donors (Lipinski definition) is 0. The van der Waals surface area contributed by atoms with Crippen LogP contribution in [0.5, 0.6) is 0 Å². The molecule has 0 aliphatic carbocycles. The first kappa shape index (κ1) is 16.4. The van der Waals surface area contributed by atoms with Gasteiger partial charge in [0.1, 0.15) is 0 Å². The molecule has 1 heterocycles. The molecule has 1 rings (SSSR count). The minimum Gasteiger partial charge on any atom is -0.345 e. The van der Waals surface area contributed by atoms with E-state index < -0.39 is 0 Å². The van der Waals surface area contributed by atoms with Crippen LogP contribution in [0, 0.1) is 5.92 Å². The second-order valence-electron chi connectivity index (χ2n) is 4.77. The van der Waals surface area contributed by atoms with Gasteiger partial charge in [-0.1, -0.05) is 20.8 Å². The Morgan fingerprint density at radius 2 is 1.82 bits per heavy atom. The standard InChI is InChI=1S/C12H24N2O.C2H6/c1-4-5-12(15)14(3)10-11-6-8-13(2)9-7-11;1-2/h11H,4-10H2,1-3H3;1-2H3. The first-order valence-electron chi connectivity index (χ1n) is 7.06. The van der Waals surface area contributed by atoms with E-state index in [1.54, 1.807) is 0 Å². The van der Waals surface area contributed by atoms with E-state index in [0.29, 0.717) is 18.2 Å². The van der Waals surface area contributed by atoms with Gasteiger partial charge in [-0.3, -0.25) is 4.79 Å². The Morgan fingerprint density at radius 3 is 2.29 bits per heavy atom. The molecular formula is C14H30N2O. The van der Waals surface area contributed by atoms with Crippen molar-refractivity contribution in [3.63, 3.8) is 0 Å². The van der Waals surface area contributed by atoms with E-state index in [1.165, 1.54) is 25.9 Å². The number of rotatable bonds is 4. The van der Waals surface area contributed by atoms with Gasteiger partial charge in [0, 0.05) is 20.0 Å². The minimum absolute atomic E-state index is 0.302. The molecule has 3 nitrogen and oxygen atoms in total. The van der Waals surface area contributed by atoms with E-state index >= 15 is 0 Å². The fourth-order valence-electron chi connectivity index (χ4n) is 2.14. The van der Waals surface area contributed by atoms with Crippen molar-refractivity contribution in [2.45, 2.75) is 46.5 Å². The Morgan fingerprint density at radius 1 is 1.29 bits per heavy atom. The summed E-state index contributed by atoms with van der Waals surface area (Å²) in [4.78, 5) is 15.9. The van der Waals surface area contributed by atoms with Gasteiger partial charge in [0.15, 0.2) is 0 Å². The second-order valence-corrected chi connectivity index (χ2v) is 4.77. The van der Waals surface area contributed by atoms with Crippen LogP contribution in [0.4, 0.5) is 0 Å². The molecule has 102 valence electrons. The molecular weight excluding hydrogens is 212 g/mol. The normalized spacial score (nSPS) is 17.2. The van der Waals surface area contributed by atoms with Crippen molar-refractivity contribution in [3.05, 3.63) is 0 Å². The molecule has 1 aliphatic rings. The summed E-state index contributed by atoms with van der Waals surface area (Å²) in [6, 6.07) is 0. The topological polar surface area (TPSA) is 23.6 Å². The largest absolute Gasteiger partial charge is 0.345 e. The Balaban J connectivity index is 0.00000121. The minimum atomic E-state index is 0.302. The zero-order valence-electron chi connectivity index (χ0n) is 12.3. The Labute approximate surface area is 107 Å². The van der Waals surface area contributed by atoms with E-state index in [4.69, 9.17) is 0 Å². The molecule has 17 heavy (non-hydrogen) atoms. The molecule has 0 saturated carbocycles. The average Bonchev–Trinajstić information content (AvgIpc) is 2.35. The molecule has 1 saturated heterocycles. The van der Waals surface area contributed by atoms with Crippen molar-refractivity contribution in [1.82, 2.24) is 9.80 Å². The van der Waals surface area contributed by atoms with Gasteiger partial charge in [0.05, 0.1) is 0 Å². The van der Waals surface area contributed by atoms with Crippen molar-refractivity contribution in [2.24, 2.45) is 5.92 Å². The summed E-state index contributed by atoms with van der Waals surface area (Å²) >= 11 is 0. The van der Waals surface area contributed by atoms with Gasteiger partial charge in [0.2, 0.25) is 5.91 Å². The lowest BCUT2D eigenvalue weighted by atomic mass is 9.96. The number of amides is 1. The molecule has 0 bridgehead atoms. The molecule has 0 unspecified atom stereocenters. The second kappa shape index (κ2) is 9.46. The van der Waals surface area contributed by atoms with Crippen molar-refractivity contribution >= 4 is 5.91 Å². The highest BCUT2D eigenvalue weighted by Crippen LogP contribution is 2.17. The number of carbonyl (C=O) groups excluding carboxylic acids is 1. The van der Waals surface area contributed by atoms with E-state index in [1.807, 2.05) is 25.8 Å². The predicted octanol–water partition coefficient (Wildman–Crippen LogP) is 2.61. The molecule has 0 N–H and O–H groups in total. The number of nitrogens with zero attached hydrogens (tertiary/aromatic N) is 2. The number of hydrogen-bond acceptors (Lipinski definition) is 2. The van der Waals surface area contributed by atoms with Crippen LogP contribution in [0.3, 0.4) is 0 Å². The first-order valence-corrected chi connectivity index (χ1v) is 7.06. The molecule has 0 spiro atoms. The smallest absolute Gasteiger partial charge is 0.222 e. The number of likely N-dealkylation sites (tertiary alicyclic amines) is 1. The molecule has 1 aliphatic heterocycles. The SMILES string of the molecule is CC.CCCC(=O)N(C)CC1CCN(C)CC1. The lowest BCUT2D eigenvalue weighted by Crippen LogP contribution is -2.37. The van der Waals surface area contributed by atoms with Crippen LogP contribution in [0.1, 0.15) is 46.5 Å². The molecule has 0 radical (unpaired) electrons. The van der Waals surface area contributed by atoms with Gasteiger partial charge >= 0.3 is 0 Å². The molecule has 0 aromatic carbocycles. The summed E-state index contributed by atoms with van der Waals surface area (Å²) in [5, 5.41) is 0. The van der Waals surface area contributed by atoms with E-state index in [9.17, 15) is 4.79 Å². The average molecular weight is 242 g/mol. The monoisotopic (exact) mass is 242 g/mol. The van der Waals surface area contributed by atoms with Gasteiger partial charge in [-0.05, 0) is 45.3 Å². The van der Waals surface area contributed by atoms with Crippen molar-refractivity contribution in [3.8, 4) is 0 Å². The summed E-state index contributed by atoms with van der Waals surface area (Å²) < 4.78 is 0. The summed E-state index contributed by atoms with van der Waals surface area (Å²) in [6.07, 6.45) is 4.13. The third-order valence-corrected chi connectivity index (χ3v) is 3.26. The fourth-order valence-corrected chi connectivity index (χ4v) is 2.14. The first-order chi connectivity index (χ1) is 8.13. The quantitative estimate of drug-likeness (QED) is 0.756. The van der Waals surface area contributed by atoms with Crippen molar-refractivity contribution in [2.75, 3.05) is 33.7 Å². The lowest BCUT2D eigenvalue weighted by molar-refractivity contribution is -0.130. The summed E-state index contributed by atoms with van der Waals surface area (Å²) in [5.74, 6) is 1.02. The molecule has 0 atom stereocenters. The van der Waals surface area contributed by atoms with Crippen molar-refractivity contribution < 1.29 is 4.79 Å². The summed E-state index contributed by atoms with van der Waals surface area (Å²) in [5.41, 5.74) is 0. The summed E-state index contributed by atoms with van der Waals surface area (Å²) in [6.45, 7) is 9.37. The highest BCUT2D eigenvalue weighted by molar-refractivity contribution is 5.75. The van der Waals surface area contributed by atoms with E-state index in [2.05, 4.69) is 18.9 Å². The van der Waals surface area contributed by atoms with Gasteiger partial charge in [-0.2, -0.15) is 0 Å². The maximum Gasteiger partial charge on any atom is 0.222 e. The van der Waals surface area contributed by atoms with Gasteiger partial charge in [0.25, 0.3) is 0 Å². The van der Waals surface area contributed by atoms with Gasteiger partial charge < -0.3 is 9.80 Å². The van der Waals surface area contributed by atoms with Crippen LogP contribution >= 0.6 is 0 Å². The maximum atomic E-state index is 11.6. The van der Waals surface area contributed by atoms with Crippen LogP contribution in [-0.4, -0.2) is 49.4 Å². The highest BCUT2D eigenvalue weighted by Gasteiger charge is 2.19. The Kier molecular flexibility index (Phi) is 9.14. The Hall–Kier alpha value is -0.570. The van der Waals surface area contributed by atoms with Crippen LogP contribution in [0.15, 0.2) is 0 Å². The van der Waals surface area contributed by atoms with Crippen LogP contribution < -0.4 is 0 Å². The third kappa shape index (κ3) is 6.67. The summed E-state index contributed by atoms with van der Waals surface area (Å²) in [7, 11) is 4.11. The Bertz CT molecular complexity index is 198. The fraction of sp³-hybridized carbons (Fsp3) is 0.929. The zero-order chi connectivity index (χ0) is 13.3. The third-order valence-electron chi connectivity index (χ3n) is 3.26. The van der Waals surface area contributed by atoms with Crippen LogP contribution in [0.2, 0.25) is 0 Å². The van der Waals surface area contributed by atoms with Crippen LogP contribution in [0.25, 0.3) is 0 Å². The predicted molar refractivity (Wildman–Crippen MR) is 74.1 cm³/mol. The molecule has 0 aromatic heterocycles. The number of carbonyl (C=O) groups is 1. The van der Waals surface area contributed by atoms with E-state index in [-0.39, 0.29) is 0 Å². The van der Waals surface area contributed by atoms with Crippen LogP contribution in [-0.2, 0) is 4.79 Å². The van der Waals surface area contributed by atoms with Gasteiger partial charge in [-0.25, -0.2) is 0 Å². The highest BCUT2D eigenvalue weighted by atomic mass is 16.2. The molecule has 0 aromatic rings. The molecule has 3 heteroatoms. The molecule has 1 fully saturated rings. The molecule has 1 amide bonds. The maximum absolute atomic E-state index is 11.6. The lowest BCUT2D eigenvalue weighted by Gasteiger charge is -2.31. The zero-order valence-corrected chi connectivity index (χ0v) is 12.3.